The van der Waals surface area contributed by atoms with E-state index in [1.807, 2.05) is 0 Å². The summed E-state index contributed by atoms with van der Waals surface area (Å²) in [5.41, 5.74) is 0.559. The molecule has 0 spiro atoms. The lowest BCUT2D eigenvalue weighted by Crippen LogP contribution is -2.41. The molecule has 7 nitrogen and oxygen atoms in total. The SMILES string of the molecule is Cc1occc1C(=O)N(CCC(=O)NCCN1CCCCC1)C[C@H]1CCCO1. The molecule has 2 saturated heterocycles. The van der Waals surface area contributed by atoms with Crippen molar-refractivity contribution in [3.63, 3.8) is 0 Å². The van der Waals surface area contributed by atoms with E-state index < -0.39 is 0 Å². The van der Waals surface area contributed by atoms with Gasteiger partial charge in [0.25, 0.3) is 5.91 Å². The number of nitrogens with one attached hydrogen (secondary N) is 1. The number of furan rings is 1. The molecule has 2 aliphatic rings. The molecule has 0 unspecified atom stereocenters. The normalized spacial score (nSPS) is 20.2. The van der Waals surface area contributed by atoms with Gasteiger partial charge >= 0.3 is 0 Å². The van der Waals surface area contributed by atoms with Crippen LogP contribution in [0.5, 0.6) is 0 Å². The van der Waals surface area contributed by atoms with Crippen LogP contribution < -0.4 is 5.32 Å². The smallest absolute Gasteiger partial charge is 0.257 e. The second-order valence-corrected chi connectivity index (χ2v) is 7.78. The van der Waals surface area contributed by atoms with Gasteiger partial charge < -0.3 is 24.3 Å². The summed E-state index contributed by atoms with van der Waals surface area (Å²) in [4.78, 5) is 29.3. The van der Waals surface area contributed by atoms with Crippen LogP contribution in [0.25, 0.3) is 0 Å². The molecule has 2 amide bonds. The van der Waals surface area contributed by atoms with Crippen molar-refractivity contribution in [3.05, 3.63) is 23.7 Å². The molecule has 3 heterocycles. The minimum Gasteiger partial charge on any atom is -0.469 e. The van der Waals surface area contributed by atoms with Gasteiger partial charge in [-0.15, -0.1) is 0 Å². The Labute approximate surface area is 167 Å². The third kappa shape index (κ3) is 6.07. The van der Waals surface area contributed by atoms with Gasteiger partial charge in [-0.05, 0) is 51.8 Å². The van der Waals surface area contributed by atoms with E-state index in [0.29, 0.717) is 37.4 Å². The van der Waals surface area contributed by atoms with Crippen molar-refractivity contribution >= 4 is 11.8 Å². The lowest BCUT2D eigenvalue weighted by Gasteiger charge is -2.27. The maximum absolute atomic E-state index is 12.9. The molecular formula is C21H33N3O4. The molecule has 0 aromatic carbocycles. The lowest BCUT2D eigenvalue weighted by molar-refractivity contribution is -0.121. The molecule has 7 heteroatoms. The molecule has 0 saturated carbocycles. The van der Waals surface area contributed by atoms with Crippen molar-refractivity contribution in [3.8, 4) is 0 Å². The van der Waals surface area contributed by atoms with Crippen LogP contribution in [-0.2, 0) is 9.53 Å². The van der Waals surface area contributed by atoms with Crippen LogP contribution in [0.4, 0.5) is 0 Å². The first-order valence-corrected chi connectivity index (χ1v) is 10.6. The molecule has 1 aromatic heterocycles. The van der Waals surface area contributed by atoms with Gasteiger partial charge in [0.1, 0.15) is 5.76 Å². The lowest BCUT2D eigenvalue weighted by atomic mass is 10.1. The van der Waals surface area contributed by atoms with E-state index in [1.54, 1.807) is 17.9 Å². The number of likely N-dealkylation sites (tertiary alicyclic amines) is 1. The van der Waals surface area contributed by atoms with Crippen molar-refractivity contribution in [1.29, 1.82) is 0 Å². The van der Waals surface area contributed by atoms with E-state index in [9.17, 15) is 9.59 Å². The van der Waals surface area contributed by atoms with Crippen LogP contribution in [0.2, 0.25) is 0 Å². The first-order valence-electron chi connectivity index (χ1n) is 10.6. The molecule has 1 aromatic rings. The van der Waals surface area contributed by atoms with Crippen LogP contribution in [0.15, 0.2) is 16.7 Å². The Morgan fingerprint density at radius 1 is 1.25 bits per heavy atom. The number of nitrogens with zero attached hydrogens (tertiary/aromatic N) is 2. The van der Waals surface area contributed by atoms with Crippen LogP contribution >= 0.6 is 0 Å². The van der Waals surface area contributed by atoms with Gasteiger partial charge in [0, 0.05) is 39.2 Å². The molecule has 3 rings (SSSR count). The first-order chi connectivity index (χ1) is 13.6. The Hall–Kier alpha value is -1.86. The summed E-state index contributed by atoms with van der Waals surface area (Å²) in [6, 6.07) is 1.69. The average Bonchev–Trinajstić information content (AvgIpc) is 3.37. The highest BCUT2D eigenvalue weighted by Crippen LogP contribution is 2.17. The minimum atomic E-state index is -0.0946. The molecule has 28 heavy (non-hydrogen) atoms. The standard InChI is InChI=1S/C21H33N3O4/c1-17-19(8-15-27-17)21(26)24(16-18-6-5-14-28-18)12-7-20(25)22-9-13-23-10-3-2-4-11-23/h8,15,18H,2-7,9-14,16H2,1H3,(H,22,25)/t18-/m1/s1. The fraction of sp³-hybridized carbons (Fsp3) is 0.714. The number of ether oxygens (including phenoxy) is 1. The Bertz CT molecular complexity index is 633. The predicted molar refractivity (Wildman–Crippen MR) is 106 cm³/mol. The molecule has 2 fully saturated rings. The number of amides is 2. The first kappa shape index (κ1) is 20.9. The zero-order valence-electron chi connectivity index (χ0n) is 17.0. The molecule has 1 atom stereocenters. The van der Waals surface area contributed by atoms with Crippen molar-refractivity contribution in [2.75, 3.05) is 45.9 Å². The molecular weight excluding hydrogens is 358 g/mol. The van der Waals surface area contributed by atoms with Crippen molar-refractivity contribution < 1.29 is 18.7 Å². The van der Waals surface area contributed by atoms with E-state index in [4.69, 9.17) is 9.15 Å². The van der Waals surface area contributed by atoms with Gasteiger partial charge in [-0.3, -0.25) is 9.59 Å². The van der Waals surface area contributed by atoms with Gasteiger partial charge in [0.2, 0.25) is 5.91 Å². The van der Waals surface area contributed by atoms with Crippen LogP contribution in [0, 0.1) is 6.92 Å². The van der Waals surface area contributed by atoms with Crippen LogP contribution in [-0.4, -0.2) is 73.6 Å². The van der Waals surface area contributed by atoms with E-state index in [1.165, 1.54) is 25.5 Å². The number of carbonyl (C=O) groups excluding carboxylic acids is 2. The zero-order valence-corrected chi connectivity index (χ0v) is 17.0. The minimum absolute atomic E-state index is 0.00827. The molecule has 0 bridgehead atoms. The summed E-state index contributed by atoms with van der Waals surface area (Å²) < 4.78 is 11.0. The third-order valence-electron chi connectivity index (χ3n) is 5.63. The van der Waals surface area contributed by atoms with Gasteiger partial charge in [-0.25, -0.2) is 0 Å². The Balaban J connectivity index is 1.46. The topological polar surface area (TPSA) is 75.0 Å². The monoisotopic (exact) mass is 391 g/mol. The van der Waals surface area contributed by atoms with Crippen molar-refractivity contribution in [2.24, 2.45) is 0 Å². The van der Waals surface area contributed by atoms with E-state index >= 15 is 0 Å². The largest absolute Gasteiger partial charge is 0.469 e. The number of piperidine rings is 1. The highest BCUT2D eigenvalue weighted by molar-refractivity contribution is 5.95. The number of carbonyl (C=O) groups is 2. The molecule has 0 radical (unpaired) electrons. The maximum atomic E-state index is 12.9. The van der Waals surface area contributed by atoms with Crippen LogP contribution in [0.3, 0.4) is 0 Å². The summed E-state index contributed by atoms with van der Waals surface area (Å²) >= 11 is 0. The molecule has 2 aliphatic heterocycles. The summed E-state index contributed by atoms with van der Waals surface area (Å²) in [7, 11) is 0. The van der Waals surface area contributed by atoms with E-state index in [-0.39, 0.29) is 17.9 Å². The average molecular weight is 392 g/mol. The van der Waals surface area contributed by atoms with Crippen molar-refractivity contribution in [1.82, 2.24) is 15.1 Å². The maximum Gasteiger partial charge on any atom is 0.257 e. The van der Waals surface area contributed by atoms with E-state index in [0.717, 1.165) is 39.1 Å². The number of hydrogen-bond acceptors (Lipinski definition) is 5. The summed E-state index contributed by atoms with van der Waals surface area (Å²) in [6.45, 7) is 7.26. The highest BCUT2D eigenvalue weighted by atomic mass is 16.5. The van der Waals surface area contributed by atoms with Gasteiger partial charge in [0.15, 0.2) is 0 Å². The van der Waals surface area contributed by atoms with Gasteiger partial charge in [0.05, 0.1) is 17.9 Å². The summed E-state index contributed by atoms with van der Waals surface area (Å²) in [5.74, 6) is 0.502. The highest BCUT2D eigenvalue weighted by Gasteiger charge is 2.25. The van der Waals surface area contributed by atoms with Crippen LogP contribution in [0.1, 0.15) is 54.6 Å². The Kier molecular flexibility index (Phi) is 7.91. The second-order valence-electron chi connectivity index (χ2n) is 7.78. The molecule has 1 N–H and O–H groups in total. The summed E-state index contributed by atoms with van der Waals surface area (Å²) in [5, 5.41) is 3.00. The fourth-order valence-corrected chi connectivity index (χ4v) is 3.95. The quantitative estimate of drug-likeness (QED) is 0.699. The Morgan fingerprint density at radius 2 is 2.07 bits per heavy atom. The predicted octanol–water partition coefficient (Wildman–Crippen LogP) is 2.20. The molecule has 156 valence electrons. The second kappa shape index (κ2) is 10.6. The number of aryl methyl sites for hydroxylation is 1. The van der Waals surface area contributed by atoms with Gasteiger partial charge in [-0.1, -0.05) is 6.42 Å². The van der Waals surface area contributed by atoms with Gasteiger partial charge in [-0.2, -0.15) is 0 Å². The van der Waals surface area contributed by atoms with Crippen molar-refractivity contribution in [2.45, 2.75) is 51.6 Å². The Morgan fingerprint density at radius 3 is 2.75 bits per heavy atom. The zero-order chi connectivity index (χ0) is 19.8. The number of rotatable bonds is 9. The summed E-state index contributed by atoms with van der Waals surface area (Å²) in [6.07, 6.45) is 7.68. The number of hydrogen-bond donors (Lipinski definition) is 1. The fourth-order valence-electron chi connectivity index (χ4n) is 3.95. The molecule has 0 aliphatic carbocycles. The third-order valence-corrected chi connectivity index (χ3v) is 5.63. The van der Waals surface area contributed by atoms with E-state index in [2.05, 4.69) is 10.2 Å².